The molecule has 0 unspecified atom stereocenters. The summed E-state index contributed by atoms with van der Waals surface area (Å²) in [6.07, 6.45) is 13.6. The quantitative estimate of drug-likeness (QED) is 0.862. The first-order valence-corrected chi connectivity index (χ1v) is 9.88. The fourth-order valence-corrected chi connectivity index (χ4v) is 4.34. The predicted octanol–water partition coefficient (Wildman–Crippen LogP) is 3.74. The van der Waals surface area contributed by atoms with E-state index >= 15 is 0 Å². The largest absolute Gasteiger partial charge is 0.353 e. The van der Waals surface area contributed by atoms with Crippen LogP contribution in [0.3, 0.4) is 0 Å². The van der Waals surface area contributed by atoms with Gasteiger partial charge in [-0.25, -0.2) is 0 Å². The third-order valence-corrected chi connectivity index (χ3v) is 6.04. The van der Waals surface area contributed by atoms with E-state index in [2.05, 4.69) is 15.5 Å². The van der Waals surface area contributed by atoms with E-state index in [0.29, 0.717) is 17.9 Å². The van der Waals surface area contributed by atoms with Crippen LogP contribution >= 0.6 is 0 Å². The SMILES string of the molecule is O=C(CC1CCCC1)NC1CCC(c2nc(CC3CC3)no2)CC1. The van der Waals surface area contributed by atoms with Crippen LogP contribution in [0.25, 0.3) is 0 Å². The van der Waals surface area contributed by atoms with Gasteiger partial charge >= 0.3 is 0 Å². The summed E-state index contributed by atoms with van der Waals surface area (Å²) < 4.78 is 5.49. The zero-order valence-corrected chi connectivity index (χ0v) is 14.5. The second kappa shape index (κ2) is 7.24. The Hall–Kier alpha value is -1.39. The Labute approximate surface area is 144 Å². The molecule has 5 heteroatoms. The van der Waals surface area contributed by atoms with Crippen LogP contribution < -0.4 is 5.32 Å². The Morgan fingerprint density at radius 1 is 1.00 bits per heavy atom. The van der Waals surface area contributed by atoms with Crippen LogP contribution in [-0.2, 0) is 11.2 Å². The zero-order valence-electron chi connectivity index (χ0n) is 14.5. The minimum Gasteiger partial charge on any atom is -0.353 e. The molecule has 0 bridgehead atoms. The van der Waals surface area contributed by atoms with Gasteiger partial charge in [-0.3, -0.25) is 4.79 Å². The van der Waals surface area contributed by atoms with Crippen molar-refractivity contribution < 1.29 is 9.32 Å². The number of carbonyl (C=O) groups excluding carboxylic acids is 1. The number of hydrogen-bond donors (Lipinski definition) is 1. The van der Waals surface area contributed by atoms with E-state index in [1.807, 2.05) is 0 Å². The fourth-order valence-electron chi connectivity index (χ4n) is 4.34. The third-order valence-electron chi connectivity index (χ3n) is 6.04. The van der Waals surface area contributed by atoms with Crippen molar-refractivity contribution in [1.82, 2.24) is 15.5 Å². The van der Waals surface area contributed by atoms with E-state index in [-0.39, 0.29) is 5.91 Å². The van der Waals surface area contributed by atoms with Crippen molar-refractivity contribution in [2.75, 3.05) is 0 Å². The van der Waals surface area contributed by atoms with Crippen LogP contribution in [0.15, 0.2) is 4.52 Å². The molecule has 0 radical (unpaired) electrons. The maximum atomic E-state index is 12.2. The van der Waals surface area contributed by atoms with Crippen molar-refractivity contribution in [2.45, 2.75) is 89.0 Å². The standard InChI is InChI=1S/C19H29N3O2/c23-18(12-13-3-1-2-4-13)20-16-9-7-15(8-10-16)19-21-17(22-24-19)11-14-5-6-14/h13-16H,1-12H2,(H,20,23). The summed E-state index contributed by atoms with van der Waals surface area (Å²) in [6.45, 7) is 0. The minimum absolute atomic E-state index is 0.259. The highest BCUT2D eigenvalue weighted by Gasteiger charge is 2.29. The van der Waals surface area contributed by atoms with Gasteiger partial charge in [0.25, 0.3) is 0 Å². The molecular weight excluding hydrogens is 302 g/mol. The number of aromatic nitrogens is 2. The first-order chi connectivity index (χ1) is 11.8. The molecule has 3 aliphatic carbocycles. The Balaban J connectivity index is 1.21. The molecule has 24 heavy (non-hydrogen) atoms. The molecule has 5 nitrogen and oxygen atoms in total. The molecule has 0 spiro atoms. The maximum absolute atomic E-state index is 12.2. The zero-order chi connectivity index (χ0) is 16.4. The fraction of sp³-hybridized carbons (Fsp3) is 0.842. The lowest BCUT2D eigenvalue weighted by molar-refractivity contribution is -0.122. The summed E-state index contributed by atoms with van der Waals surface area (Å²) in [6, 6.07) is 0.337. The van der Waals surface area contributed by atoms with E-state index < -0.39 is 0 Å². The molecule has 132 valence electrons. The molecule has 0 aromatic carbocycles. The van der Waals surface area contributed by atoms with Gasteiger partial charge in [0, 0.05) is 24.8 Å². The van der Waals surface area contributed by atoms with Crippen LogP contribution in [0.1, 0.15) is 88.3 Å². The van der Waals surface area contributed by atoms with Gasteiger partial charge in [-0.2, -0.15) is 4.98 Å². The predicted molar refractivity (Wildman–Crippen MR) is 90.4 cm³/mol. The van der Waals surface area contributed by atoms with E-state index in [9.17, 15) is 4.79 Å². The molecule has 4 rings (SSSR count). The first kappa shape index (κ1) is 16.1. The molecule has 1 aromatic rings. The van der Waals surface area contributed by atoms with Gasteiger partial charge in [0.05, 0.1) is 0 Å². The highest BCUT2D eigenvalue weighted by molar-refractivity contribution is 5.76. The van der Waals surface area contributed by atoms with Crippen LogP contribution in [0, 0.1) is 11.8 Å². The topological polar surface area (TPSA) is 68.0 Å². The van der Waals surface area contributed by atoms with Crippen molar-refractivity contribution in [3.8, 4) is 0 Å². The minimum atomic E-state index is 0.259. The molecule has 0 aliphatic heterocycles. The van der Waals surface area contributed by atoms with Gasteiger partial charge in [-0.1, -0.05) is 18.0 Å². The van der Waals surface area contributed by atoms with Gasteiger partial charge in [-0.05, 0) is 63.2 Å². The number of amides is 1. The highest BCUT2D eigenvalue weighted by Crippen LogP contribution is 2.35. The summed E-state index contributed by atoms with van der Waals surface area (Å²) in [5, 5.41) is 7.39. The van der Waals surface area contributed by atoms with E-state index in [1.165, 1.54) is 38.5 Å². The van der Waals surface area contributed by atoms with E-state index in [0.717, 1.165) is 56.2 Å². The van der Waals surface area contributed by atoms with Crippen molar-refractivity contribution >= 4 is 5.91 Å². The molecule has 0 atom stereocenters. The van der Waals surface area contributed by atoms with Crippen molar-refractivity contribution in [3.05, 3.63) is 11.7 Å². The summed E-state index contributed by atoms with van der Waals surface area (Å²) in [5.41, 5.74) is 0. The molecule has 1 amide bonds. The van der Waals surface area contributed by atoms with E-state index in [4.69, 9.17) is 4.52 Å². The van der Waals surface area contributed by atoms with Crippen molar-refractivity contribution in [1.29, 1.82) is 0 Å². The number of rotatable bonds is 6. The summed E-state index contributed by atoms with van der Waals surface area (Å²) in [5.74, 6) is 3.77. The molecule has 3 saturated carbocycles. The van der Waals surface area contributed by atoms with Crippen molar-refractivity contribution in [2.24, 2.45) is 11.8 Å². The highest BCUT2D eigenvalue weighted by atomic mass is 16.5. The Morgan fingerprint density at radius 3 is 2.46 bits per heavy atom. The number of nitrogens with one attached hydrogen (secondary N) is 1. The van der Waals surface area contributed by atoms with Crippen LogP contribution in [-0.4, -0.2) is 22.1 Å². The second-order valence-electron chi connectivity index (χ2n) is 8.17. The average molecular weight is 331 g/mol. The first-order valence-electron chi connectivity index (χ1n) is 9.88. The lowest BCUT2D eigenvalue weighted by atomic mass is 9.85. The van der Waals surface area contributed by atoms with Crippen LogP contribution in [0.2, 0.25) is 0 Å². The second-order valence-corrected chi connectivity index (χ2v) is 8.17. The number of nitrogens with zero attached hydrogens (tertiary/aromatic N) is 2. The summed E-state index contributed by atoms with van der Waals surface area (Å²) >= 11 is 0. The number of hydrogen-bond acceptors (Lipinski definition) is 4. The molecule has 3 aliphatic rings. The summed E-state index contributed by atoms with van der Waals surface area (Å²) in [7, 11) is 0. The van der Waals surface area contributed by atoms with Gasteiger partial charge in [0.1, 0.15) is 0 Å². The summed E-state index contributed by atoms with van der Waals surface area (Å²) in [4.78, 5) is 16.8. The monoisotopic (exact) mass is 331 g/mol. The Kier molecular flexibility index (Phi) is 4.86. The van der Waals surface area contributed by atoms with Crippen molar-refractivity contribution in [3.63, 3.8) is 0 Å². The normalized spacial score (nSPS) is 28.2. The smallest absolute Gasteiger partial charge is 0.229 e. The lowest BCUT2D eigenvalue weighted by Crippen LogP contribution is -2.38. The van der Waals surface area contributed by atoms with Gasteiger partial charge < -0.3 is 9.84 Å². The molecule has 1 N–H and O–H groups in total. The van der Waals surface area contributed by atoms with Crippen LogP contribution in [0.5, 0.6) is 0 Å². The number of carbonyl (C=O) groups is 1. The average Bonchev–Trinajstić information content (AvgIpc) is 3.04. The molecule has 1 heterocycles. The third kappa shape index (κ3) is 4.17. The lowest BCUT2D eigenvalue weighted by Gasteiger charge is -2.27. The Bertz CT molecular complexity index is 553. The molecule has 1 aromatic heterocycles. The van der Waals surface area contributed by atoms with Gasteiger partial charge in [0.15, 0.2) is 5.82 Å². The molecule has 3 fully saturated rings. The van der Waals surface area contributed by atoms with Gasteiger partial charge in [0.2, 0.25) is 11.8 Å². The maximum Gasteiger partial charge on any atom is 0.229 e. The Morgan fingerprint density at radius 2 is 1.75 bits per heavy atom. The van der Waals surface area contributed by atoms with E-state index in [1.54, 1.807) is 0 Å². The van der Waals surface area contributed by atoms with Gasteiger partial charge in [-0.15, -0.1) is 0 Å². The molecular formula is C19H29N3O2. The van der Waals surface area contributed by atoms with Crippen LogP contribution in [0.4, 0.5) is 0 Å². The molecule has 0 saturated heterocycles.